The van der Waals surface area contributed by atoms with Crippen LogP contribution in [0.3, 0.4) is 0 Å². The minimum Gasteiger partial charge on any atom is -0.497 e. The number of methoxy groups -OCH3 is 1. The van der Waals surface area contributed by atoms with Crippen molar-refractivity contribution in [3.8, 4) is 11.4 Å². The average Bonchev–Trinajstić information content (AvgIpc) is 2.54. The van der Waals surface area contributed by atoms with Gasteiger partial charge in [0, 0.05) is 25.8 Å². The van der Waals surface area contributed by atoms with E-state index in [1.165, 1.54) is 0 Å². The van der Waals surface area contributed by atoms with E-state index in [1.54, 1.807) is 11.7 Å². The summed E-state index contributed by atoms with van der Waals surface area (Å²) in [5.41, 5.74) is 2.34. The van der Waals surface area contributed by atoms with E-state index in [-0.39, 0.29) is 5.56 Å². The smallest absolute Gasteiger partial charge is 0.266 e. The number of aryl methyl sites for hydroxylation is 1. The van der Waals surface area contributed by atoms with Gasteiger partial charge in [-0.2, -0.15) is 0 Å². The van der Waals surface area contributed by atoms with Gasteiger partial charge in [-0.25, -0.2) is 4.98 Å². The number of hydrogen-bond donors (Lipinski definition) is 0. The van der Waals surface area contributed by atoms with E-state index in [2.05, 4.69) is 4.98 Å². The molecule has 0 aliphatic carbocycles. The van der Waals surface area contributed by atoms with Crippen molar-refractivity contribution in [2.24, 2.45) is 0 Å². The van der Waals surface area contributed by atoms with Crippen molar-refractivity contribution in [1.82, 2.24) is 9.55 Å². The Morgan fingerprint density at radius 2 is 1.91 bits per heavy atom. The Hall–Kier alpha value is -2.82. The van der Waals surface area contributed by atoms with Gasteiger partial charge in [0.15, 0.2) is 0 Å². The van der Waals surface area contributed by atoms with E-state index in [9.17, 15) is 4.79 Å². The van der Waals surface area contributed by atoms with Crippen molar-refractivity contribution < 1.29 is 4.74 Å². The summed E-state index contributed by atoms with van der Waals surface area (Å²) in [6, 6.07) is 13.1. The van der Waals surface area contributed by atoms with Crippen molar-refractivity contribution in [3.05, 3.63) is 58.6 Å². The molecule has 0 saturated carbocycles. The quantitative estimate of drug-likeness (QED) is 0.746. The lowest BCUT2D eigenvalue weighted by Crippen LogP contribution is -2.22. The first-order valence-corrected chi connectivity index (χ1v) is 7.36. The molecule has 5 nitrogen and oxygen atoms in total. The zero-order valence-corrected chi connectivity index (χ0v) is 13.7. The van der Waals surface area contributed by atoms with Gasteiger partial charge in [-0.05, 0) is 37.3 Å². The van der Waals surface area contributed by atoms with Gasteiger partial charge in [-0.15, -0.1) is 0 Å². The Balaban J connectivity index is 2.30. The highest BCUT2D eigenvalue weighted by molar-refractivity contribution is 5.82. The average molecular weight is 309 g/mol. The molecule has 1 aromatic heterocycles. The van der Waals surface area contributed by atoms with Gasteiger partial charge in [0.1, 0.15) is 11.6 Å². The molecular weight excluding hydrogens is 290 g/mol. The molecule has 5 heteroatoms. The minimum atomic E-state index is -0.0792. The summed E-state index contributed by atoms with van der Waals surface area (Å²) < 4.78 is 6.87. The van der Waals surface area contributed by atoms with E-state index >= 15 is 0 Å². The van der Waals surface area contributed by atoms with Crippen LogP contribution >= 0.6 is 0 Å². The number of aromatic nitrogens is 2. The van der Waals surface area contributed by atoms with Crippen molar-refractivity contribution in [1.29, 1.82) is 0 Å². The lowest BCUT2D eigenvalue weighted by Gasteiger charge is -2.15. The molecule has 3 aromatic rings. The maximum Gasteiger partial charge on any atom is 0.266 e. The first-order valence-electron chi connectivity index (χ1n) is 7.36. The number of nitrogens with zero attached hydrogens (tertiary/aromatic N) is 3. The molecule has 0 unspecified atom stereocenters. The molecule has 23 heavy (non-hydrogen) atoms. The van der Waals surface area contributed by atoms with Gasteiger partial charge in [0.25, 0.3) is 5.56 Å². The van der Waals surface area contributed by atoms with E-state index in [1.807, 2.05) is 68.4 Å². The summed E-state index contributed by atoms with van der Waals surface area (Å²) in [6.07, 6.45) is 0. The Labute approximate surface area is 134 Å². The van der Waals surface area contributed by atoms with Crippen LogP contribution in [-0.4, -0.2) is 30.8 Å². The highest BCUT2D eigenvalue weighted by Crippen LogP contribution is 2.20. The molecule has 0 saturated heterocycles. The maximum atomic E-state index is 13.0. The lowest BCUT2D eigenvalue weighted by atomic mass is 10.2. The molecule has 0 fully saturated rings. The summed E-state index contributed by atoms with van der Waals surface area (Å²) in [4.78, 5) is 19.5. The van der Waals surface area contributed by atoms with Crippen molar-refractivity contribution in [3.63, 3.8) is 0 Å². The molecule has 0 radical (unpaired) electrons. The second kappa shape index (κ2) is 5.76. The highest BCUT2D eigenvalue weighted by Gasteiger charge is 2.11. The molecule has 1 heterocycles. The summed E-state index contributed by atoms with van der Waals surface area (Å²) >= 11 is 0. The van der Waals surface area contributed by atoms with Gasteiger partial charge in [-0.1, -0.05) is 6.07 Å². The Kier molecular flexibility index (Phi) is 3.78. The first kappa shape index (κ1) is 15.1. The zero-order chi connectivity index (χ0) is 16.6. The fourth-order valence-corrected chi connectivity index (χ4v) is 2.62. The molecular formula is C18H19N3O2. The molecule has 0 atom stereocenters. The van der Waals surface area contributed by atoms with E-state index in [0.29, 0.717) is 22.5 Å². The Morgan fingerprint density at radius 3 is 2.61 bits per heavy atom. The molecule has 0 spiro atoms. The number of anilines is 1. The van der Waals surface area contributed by atoms with Gasteiger partial charge < -0.3 is 9.64 Å². The van der Waals surface area contributed by atoms with E-state index in [4.69, 9.17) is 4.74 Å². The number of hydrogen-bond acceptors (Lipinski definition) is 4. The second-order valence-electron chi connectivity index (χ2n) is 5.60. The van der Waals surface area contributed by atoms with Crippen LogP contribution in [0.5, 0.6) is 5.75 Å². The summed E-state index contributed by atoms with van der Waals surface area (Å²) in [5.74, 6) is 1.35. The topological polar surface area (TPSA) is 47.4 Å². The third-order valence-electron chi connectivity index (χ3n) is 3.85. The fourth-order valence-electron chi connectivity index (χ4n) is 2.62. The highest BCUT2D eigenvalue weighted by atomic mass is 16.5. The van der Waals surface area contributed by atoms with Gasteiger partial charge >= 0.3 is 0 Å². The Morgan fingerprint density at radius 1 is 1.13 bits per heavy atom. The maximum absolute atomic E-state index is 13.0. The van der Waals surface area contributed by atoms with Gasteiger partial charge in [-0.3, -0.25) is 9.36 Å². The van der Waals surface area contributed by atoms with Gasteiger partial charge in [0.05, 0.1) is 23.7 Å². The normalized spacial score (nSPS) is 10.8. The van der Waals surface area contributed by atoms with Crippen LogP contribution in [0.25, 0.3) is 16.6 Å². The Bertz CT molecular complexity index is 929. The molecule has 0 bridgehead atoms. The molecule has 0 amide bonds. The summed E-state index contributed by atoms with van der Waals surface area (Å²) in [6.45, 7) is 1.83. The molecule has 2 aromatic carbocycles. The lowest BCUT2D eigenvalue weighted by molar-refractivity contribution is 0.414. The predicted octanol–water partition coefficient (Wildman–Crippen LogP) is 2.77. The number of ether oxygens (including phenoxy) is 1. The molecule has 118 valence electrons. The predicted molar refractivity (Wildman–Crippen MR) is 93.0 cm³/mol. The van der Waals surface area contributed by atoms with Crippen LogP contribution in [0.4, 0.5) is 5.69 Å². The van der Waals surface area contributed by atoms with Crippen LogP contribution in [0.1, 0.15) is 5.82 Å². The third kappa shape index (κ3) is 2.65. The molecule has 0 aliphatic rings. The monoisotopic (exact) mass is 309 g/mol. The zero-order valence-electron chi connectivity index (χ0n) is 13.7. The summed E-state index contributed by atoms with van der Waals surface area (Å²) in [5, 5.41) is 0.601. The van der Waals surface area contributed by atoms with Crippen LogP contribution in [0, 0.1) is 6.92 Å². The van der Waals surface area contributed by atoms with Crippen molar-refractivity contribution in [2.45, 2.75) is 6.92 Å². The van der Waals surface area contributed by atoms with Crippen molar-refractivity contribution >= 4 is 16.6 Å². The van der Waals surface area contributed by atoms with E-state index < -0.39 is 0 Å². The van der Waals surface area contributed by atoms with Crippen LogP contribution in [-0.2, 0) is 0 Å². The number of rotatable bonds is 3. The van der Waals surface area contributed by atoms with E-state index in [0.717, 1.165) is 11.4 Å². The van der Waals surface area contributed by atoms with Gasteiger partial charge in [0.2, 0.25) is 0 Å². The molecule has 3 rings (SSSR count). The fraction of sp³-hybridized carbons (Fsp3) is 0.222. The summed E-state index contributed by atoms with van der Waals surface area (Å²) in [7, 11) is 5.50. The number of fused-ring (bicyclic) bond motifs is 1. The standard InChI is InChI=1S/C18H19N3O2/c1-12-19-17-9-8-13(20(2)3)11-16(17)18(22)21(12)14-6-5-7-15(10-14)23-4/h5-11H,1-4H3. The van der Waals surface area contributed by atoms with Crippen LogP contribution in [0.2, 0.25) is 0 Å². The third-order valence-corrected chi connectivity index (χ3v) is 3.85. The van der Waals surface area contributed by atoms with Crippen LogP contribution in [0.15, 0.2) is 47.3 Å². The molecule has 0 aliphatic heterocycles. The minimum absolute atomic E-state index is 0.0792. The SMILES string of the molecule is COc1cccc(-n2c(C)nc3ccc(N(C)C)cc3c2=O)c1. The van der Waals surface area contributed by atoms with Crippen molar-refractivity contribution in [2.75, 3.05) is 26.1 Å². The largest absolute Gasteiger partial charge is 0.497 e. The first-order chi connectivity index (χ1) is 11.0. The molecule has 0 N–H and O–H groups in total. The number of benzene rings is 2. The second-order valence-corrected chi connectivity index (χ2v) is 5.60. The van der Waals surface area contributed by atoms with Crippen LogP contribution < -0.4 is 15.2 Å².